The molecule has 4 rings (SSSR count). The molecule has 7 nitrogen and oxygen atoms in total. The molecule has 1 aliphatic rings. The molecule has 0 saturated carbocycles. The smallest absolute Gasteiger partial charge is 0.269 e. The molecule has 0 N–H and O–H groups in total. The van der Waals surface area contributed by atoms with Crippen LogP contribution in [-0.4, -0.2) is 44.3 Å². The van der Waals surface area contributed by atoms with Gasteiger partial charge in [-0.05, 0) is 49.8 Å². The number of thioether (sulfide) groups is 1. The van der Waals surface area contributed by atoms with Crippen molar-refractivity contribution in [1.82, 2.24) is 14.3 Å². The highest BCUT2D eigenvalue weighted by molar-refractivity contribution is 8.26. The molecule has 1 aliphatic heterocycles. The molecule has 0 spiro atoms. The highest BCUT2D eigenvalue weighted by Crippen LogP contribution is 2.35. The van der Waals surface area contributed by atoms with Gasteiger partial charge in [-0.1, -0.05) is 53.2 Å². The van der Waals surface area contributed by atoms with Crippen LogP contribution in [0.25, 0.3) is 11.7 Å². The van der Waals surface area contributed by atoms with E-state index in [1.54, 1.807) is 36.5 Å². The van der Waals surface area contributed by atoms with E-state index in [9.17, 15) is 9.59 Å². The minimum atomic E-state index is -0.396. The molecule has 0 bridgehead atoms. The number of thiocarbonyl (C=S) groups is 1. The number of pyridine rings is 1. The molecule has 1 amide bonds. The van der Waals surface area contributed by atoms with Crippen LogP contribution in [0.4, 0.5) is 0 Å². The Hall–Kier alpha value is -2.43. The van der Waals surface area contributed by atoms with Crippen molar-refractivity contribution in [1.29, 1.82) is 0 Å². The van der Waals surface area contributed by atoms with Crippen molar-refractivity contribution in [3.8, 4) is 11.6 Å². The summed E-state index contributed by atoms with van der Waals surface area (Å²) in [5, 5.41) is 0.700. The summed E-state index contributed by atoms with van der Waals surface area (Å²) >= 11 is 18.8. The van der Waals surface area contributed by atoms with Crippen molar-refractivity contribution in [2.45, 2.75) is 13.3 Å². The van der Waals surface area contributed by atoms with Gasteiger partial charge in [0.1, 0.15) is 21.3 Å². The van der Waals surface area contributed by atoms with E-state index in [1.807, 2.05) is 6.92 Å². The lowest BCUT2D eigenvalue weighted by Gasteiger charge is -2.14. The number of ether oxygens (including phenoxy) is 2. The van der Waals surface area contributed by atoms with E-state index >= 15 is 0 Å². The van der Waals surface area contributed by atoms with Crippen molar-refractivity contribution >= 4 is 69.1 Å². The van der Waals surface area contributed by atoms with E-state index in [2.05, 4.69) is 4.98 Å². The van der Waals surface area contributed by atoms with Crippen molar-refractivity contribution in [3.63, 3.8) is 0 Å². The number of halogens is 2. The van der Waals surface area contributed by atoms with Gasteiger partial charge in [0.2, 0.25) is 5.88 Å². The van der Waals surface area contributed by atoms with Gasteiger partial charge >= 0.3 is 0 Å². The fraction of sp³-hybridized carbons (Fsp3) is 0.217. The van der Waals surface area contributed by atoms with Crippen LogP contribution in [0.1, 0.15) is 18.9 Å². The van der Waals surface area contributed by atoms with Gasteiger partial charge in [-0.2, -0.15) is 4.98 Å². The molecule has 3 heterocycles. The molecule has 176 valence electrons. The number of aromatic nitrogens is 2. The Morgan fingerprint density at radius 2 is 2.03 bits per heavy atom. The molecular weight excluding hydrogens is 517 g/mol. The Morgan fingerprint density at radius 1 is 1.21 bits per heavy atom. The standard InChI is InChI=1S/C23H19Cl2N3O4S2/c1-2-31-11-5-10-28-22(30)18(34-23(28)33)13-15-20(32-17-8-7-14(24)12-16(17)25)26-19-6-3-4-9-27(19)21(15)29/h3-4,6-9,12-13H,2,5,10-11H2,1H3/b18-13+. The predicted molar refractivity (Wildman–Crippen MR) is 139 cm³/mol. The van der Waals surface area contributed by atoms with Crippen molar-refractivity contribution in [3.05, 3.63) is 73.5 Å². The second kappa shape index (κ2) is 10.9. The Kier molecular flexibility index (Phi) is 7.90. The third-order valence-corrected chi connectivity index (χ3v) is 6.77. The fourth-order valence-corrected chi connectivity index (χ4v) is 4.98. The number of fused-ring (bicyclic) bond motifs is 1. The van der Waals surface area contributed by atoms with E-state index < -0.39 is 5.56 Å². The molecular formula is C23H19Cl2N3O4S2. The largest absolute Gasteiger partial charge is 0.437 e. The van der Waals surface area contributed by atoms with Gasteiger partial charge in [-0.3, -0.25) is 18.9 Å². The van der Waals surface area contributed by atoms with Crippen molar-refractivity contribution < 1.29 is 14.3 Å². The highest BCUT2D eigenvalue weighted by atomic mass is 35.5. The molecule has 2 aromatic heterocycles. The summed E-state index contributed by atoms with van der Waals surface area (Å²) in [6.45, 7) is 3.48. The minimum absolute atomic E-state index is 0.0158. The first kappa shape index (κ1) is 24.7. The van der Waals surface area contributed by atoms with Crippen molar-refractivity contribution in [2.24, 2.45) is 0 Å². The number of hydrogen-bond donors (Lipinski definition) is 0. The Bertz CT molecular complexity index is 1360. The lowest BCUT2D eigenvalue weighted by molar-refractivity contribution is -0.122. The summed E-state index contributed by atoms with van der Waals surface area (Å²) in [6.07, 6.45) is 3.72. The number of benzene rings is 1. The highest BCUT2D eigenvalue weighted by Gasteiger charge is 2.32. The summed E-state index contributed by atoms with van der Waals surface area (Å²) in [6, 6.07) is 9.88. The molecule has 1 fully saturated rings. The zero-order valence-corrected chi connectivity index (χ0v) is 21.1. The van der Waals surface area contributed by atoms with Gasteiger partial charge in [0.25, 0.3) is 11.5 Å². The van der Waals surface area contributed by atoms with E-state index in [-0.39, 0.29) is 28.1 Å². The van der Waals surface area contributed by atoms with E-state index in [0.717, 1.165) is 11.8 Å². The lowest BCUT2D eigenvalue weighted by Crippen LogP contribution is -2.29. The first-order valence-corrected chi connectivity index (χ1v) is 12.3. The third-order valence-electron chi connectivity index (χ3n) is 4.86. The number of carbonyl (C=O) groups is 1. The van der Waals surface area contributed by atoms with Crippen molar-refractivity contribution in [2.75, 3.05) is 19.8 Å². The van der Waals surface area contributed by atoms with Crippen LogP contribution in [0.15, 0.2) is 52.3 Å². The average Bonchev–Trinajstić information content (AvgIpc) is 3.08. The molecule has 0 unspecified atom stereocenters. The van der Waals surface area contributed by atoms with Gasteiger partial charge in [0.15, 0.2) is 0 Å². The summed E-state index contributed by atoms with van der Waals surface area (Å²) in [5.74, 6) is 0.0120. The molecule has 0 atom stereocenters. The molecule has 1 saturated heterocycles. The van der Waals surface area contributed by atoms with Crippen LogP contribution in [0.5, 0.6) is 11.6 Å². The Labute approximate surface area is 215 Å². The van der Waals surface area contributed by atoms with Gasteiger partial charge < -0.3 is 9.47 Å². The summed E-state index contributed by atoms with van der Waals surface area (Å²) < 4.78 is 13.1. The Balaban J connectivity index is 1.74. The molecule has 34 heavy (non-hydrogen) atoms. The first-order chi connectivity index (χ1) is 16.4. The van der Waals surface area contributed by atoms with E-state index in [1.165, 1.54) is 21.4 Å². The van der Waals surface area contributed by atoms with E-state index in [0.29, 0.717) is 46.1 Å². The topological polar surface area (TPSA) is 73.1 Å². The lowest BCUT2D eigenvalue weighted by atomic mass is 10.2. The molecule has 0 aliphatic carbocycles. The number of carbonyl (C=O) groups excluding carboxylic acids is 1. The maximum absolute atomic E-state index is 13.3. The maximum Gasteiger partial charge on any atom is 0.269 e. The van der Waals surface area contributed by atoms with Gasteiger partial charge in [-0.25, -0.2) is 0 Å². The average molecular weight is 536 g/mol. The van der Waals surface area contributed by atoms with Gasteiger partial charge in [0.05, 0.1) is 9.93 Å². The predicted octanol–water partition coefficient (Wildman–Crippen LogP) is 5.42. The third kappa shape index (κ3) is 5.29. The second-order valence-corrected chi connectivity index (χ2v) is 9.64. The molecule has 11 heteroatoms. The van der Waals surface area contributed by atoms with Crippen LogP contribution in [-0.2, 0) is 9.53 Å². The summed E-state index contributed by atoms with van der Waals surface area (Å²) in [4.78, 5) is 32.7. The zero-order chi connectivity index (χ0) is 24.2. The number of amides is 1. The fourth-order valence-electron chi connectivity index (χ4n) is 3.24. The van der Waals surface area contributed by atoms with Gasteiger partial charge in [-0.15, -0.1) is 0 Å². The van der Waals surface area contributed by atoms with E-state index in [4.69, 9.17) is 44.9 Å². The number of rotatable bonds is 8. The Morgan fingerprint density at radius 3 is 2.79 bits per heavy atom. The quantitative estimate of drug-likeness (QED) is 0.216. The monoisotopic (exact) mass is 535 g/mol. The summed E-state index contributed by atoms with van der Waals surface area (Å²) in [7, 11) is 0. The maximum atomic E-state index is 13.3. The molecule has 1 aromatic carbocycles. The van der Waals surface area contributed by atoms with Gasteiger partial charge in [0, 0.05) is 31.0 Å². The summed E-state index contributed by atoms with van der Waals surface area (Å²) in [5.41, 5.74) is 0.0880. The van der Waals surface area contributed by atoms with Crippen LogP contribution in [0.3, 0.4) is 0 Å². The first-order valence-electron chi connectivity index (χ1n) is 10.4. The number of hydrogen-bond acceptors (Lipinski definition) is 7. The SMILES string of the molecule is CCOCCCN1C(=O)/C(=C\c2c(Oc3ccc(Cl)cc3Cl)nc3ccccn3c2=O)SC1=S. The number of nitrogens with zero attached hydrogens (tertiary/aromatic N) is 3. The second-order valence-electron chi connectivity index (χ2n) is 7.13. The van der Waals surface area contributed by atoms with Crippen LogP contribution < -0.4 is 10.3 Å². The molecule has 3 aromatic rings. The minimum Gasteiger partial charge on any atom is -0.437 e. The molecule has 0 radical (unpaired) electrons. The normalized spacial score (nSPS) is 15.0. The van der Waals surface area contributed by atoms with Crippen LogP contribution >= 0.6 is 47.2 Å². The van der Waals surface area contributed by atoms with Crippen LogP contribution in [0, 0.1) is 0 Å². The van der Waals surface area contributed by atoms with Crippen LogP contribution in [0.2, 0.25) is 10.0 Å². The zero-order valence-electron chi connectivity index (χ0n) is 18.0.